The average molecular weight is 268 g/mol. The molecule has 3 N–H and O–H groups in total. The number of aromatic nitrogens is 2. The maximum absolute atomic E-state index is 13.6. The molecule has 1 aromatic heterocycles. The molecule has 0 amide bonds. The van der Waals surface area contributed by atoms with E-state index in [0.29, 0.717) is 16.9 Å². The number of halogens is 1. The zero-order valence-electron chi connectivity index (χ0n) is 8.68. The summed E-state index contributed by atoms with van der Waals surface area (Å²) in [6.45, 7) is 0. The molecule has 0 aliphatic carbocycles. The molecule has 4 nitrogen and oxygen atoms in total. The molecule has 0 fully saturated rings. The number of amidine groups is 1. The number of nitrogens with zero attached hydrogens (tertiary/aromatic N) is 2. The van der Waals surface area contributed by atoms with Gasteiger partial charge in [0.2, 0.25) is 0 Å². The topological polar surface area (TPSA) is 75.7 Å². The van der Waals surface area contributed by atoms with Crippen LogP contribution in [0, 0.1) is 11.2 Å². The third kappa shape index (κ3) is 3.01. The van der Waals surface area contributed by atoms with Crippen molar-refractivity contribution < 1.29 is 4.39 Å². The third-order valence-electron chi connectivity index (χ3n) is 2.06. The van der Waals surface area contributed by atoms with Crippen molar-refractivity contribution in [2.45, 2.75) is 10.1 Å². The molecule has 0 radical (unpaired) electrons. The van der Waals surface area contributed by atoms with Gasteiger partial charge in [0.1, 0.15) is 18.0 Å². The van der Waals surface area contributed by atoms with Crippen molar-refractivity contribution >= 4 is 29.1 Å². The van der Waals surface area contributed by atoms with Crippen LogP contribution in [-0.2, 0) is 5.75 Å². The Morgan fingerprint density at radius 3 is 2.94 bits per heavy atom. The summed E-state index contributed by atoms with van der Waals surface area (Å²) in [7, 11) is 0. The van der Waals surface area contributed by atoms with Crippen molar-refractivity contribution in [3.8, 4) is 0 Å². The van der Waals surface area contributed by atoms with Crippen LogP contribution in [0.1, 0.15) is 11.1 Å². The van der Waals surface area contributed by atoms with Gasteiger partial charge in [0.15, 0.2) is 4.34 Å². The number of rotatable bonds is 4. The van der Waals surface area contributed by atoms with E-state index in [-0.39, 0.29) is 11.7 Å². The average Bonchev–Trinajstić information content (AvgIpc) is 2.80. The summed E-state index contributed by atoms with van der Waals surface area (Å²) >= 11 is 2.71. The number of hydrogen-bond donors (Lipinski definition) is 2. The summed E-state index contributed by atoms with van der Waals surface area (Å²) < 4.78 is 18.3. The predicted octanol–water partition coefficient (Wildman–Crippen LogP) is 2.25. The number of thioether (sulfide) groups is 1. The number of benzene rings is 1. The third-order valence-corrected chi connectivity index (χ3v) is 3.90. The smallest absolute Gasteiger partial charge is 0.170 e. The van der Waals surface area contributed by atoms with E-state index in [1.165, 1.54) is 35.7 Å². The van der Waals surface area contributed by atoms with Crippen molar-refractivity contribution in [2.75, 3.05) is 0 Å². The quantitative estimate of drug-likeness (QED) is 0.506. The van der Waals surface area contributed by atoms with Crippen LogP contribution in [0.25, 0.3) is 0 Å². The van der Waals surface area contributed by atoms with Gasteiger partial charge in [-0.2, -0.15) is 4.37 Å². The van der Waals surface area contributed by atoms with Gasteiger partial charge in [-0.1, -0.05) is 23.9 Å². The Bertz CT molecular complexity index is 527. The van der Waals surface area contributed by atoms with Crippen molar-refractivity contribution in [3.05, 3.63) is 41.5 Å². The SMILES string of the molecule is N=C(N)c1ccc(CSc2ncns2)c(F)c1. The minimum atomic E-state index is -0.352. The summed E-state index contributed by atoms with van der Waals surface area (Å²) in [4.78, 5) is 4.00. The Labute approximate surface area is 106 Å². The second-order valence-corrected chi connectivity index (χ2v) is 5.22. The van der Waals surface area contributed by atoms with E-state index >= 15 is 0 Å². The summed E-state index contributed by atoms with van der Waals surface area (Å²) in [5.74, 6) is 0.00102. The lowest BCUT2D eigenvalue weighted by atomic mass is 10.1. The molecule has 2 aromatic rings. The molecule has 17 heavy (non-hydrogen) atoms. The van der Waals surface area contributed by atoms with Crippen LogP contribution in [0.15, 0.2) is 28.9 Å². The molecule has 1 heterocycles. The molecule has 0 aliphatic rings. The molecule has 7 heteroatoms. The van der Waals surface area contributed by atoms with Crippen LogP contribution in [0.5, 0.6) is 0 Å². The minimum Gasteiger partial charge on any atom is -0.384 e. The normalized spacial score (nSPS) is 10.4. The van der Waals surface area contributed by atoms with E-state index in [2.05, 4.69) is 9.36 Å². The Kier molecular flexibility index (Phi) is 3.70. The van der Waals surface area contributed by atoms with Crippen LogP contribution in [0.4, 0.5) is 4.39 Å². The van der Waals surface area contributed by atoms with Gasteiger partial charge < -0.3 is 5.73 Å². The van der Waals surface area contributed by atoms with Gasteiger partial charge in [-0.25, -0.2) is 9.37 Å². The van der Waals surface area contributed by atoms with Crippen LogP contribution in [0.3, 0.4) is 0 Å². The molecule has 2 rings (SSSR count). The molecule has 0 unspecified atom stereocenters. The second kappa shape index (κ2) is 5.24. The maximum atomic E-state index is 13.6. The molecule has 0 bridgehead atoms. The lowest BCUT2D eigenvalue weighted by Crippen LogP contribution is -2.11. The van der Waals surface area contributed by atoms with Gasteiger partial charge in [-0.3, -0.25) is 5.41 Å². The highest BCUT2D eigenvalue weighted by Crippen LogP contribution is 2.24. The van der Waals surface area contributed by atoms with Crippen LogP contribution >= 0.6 is 23.3 Å². The number of hydrogen-bond acceptors (Lipinski definition) is 5. The first-order valence-electron chi connectivity index (χ1n) is 4.69. The maximum Gasteiger partial charge on any atom is 0.170 e. The molecular weight excluding hydrogens is 259 g/mol. The molecule has 0 saturated carbocycles. The summed E-state index contributed by atoms with van der Waals surface area (Å²) in [6.07, 6.45) is 1.47. The van der Waals surface area contributed by atoms with Gasteiger partial charge >= 0.3 is 0 Å². The molecule has 88 valence electrons. The Morgan fingerprint density at radius 1 is 1.53 bits per heavy atom. The highest BCUT2D eigenvalue weighted by molar-refractivity contribution is 8.00. The summed E-state index contributed by atoms with van der Waals surface area (Å²) in [5, 5.41) is 7.21. The van der Waals surface area contributed by atoms with Gasteiger partial charge in [-0.15, -0.1) is 0 Å². The van der Waals surface area contributed by atoms with E-state index in [9.17, 15) is 4.39 Å². The monoisotopic (exact) mass is 268 g/mol. The number of nitrogens with two attached hydrogens (primary N) is 1. The highest BCUT2D eigenvalue weighted by atomic mass is 32.2. The molecular formula is C10H9FN4S2. The van der Waals surface area contributed by atoms with E-state index in [0.717, 1.165) is 4.34 Å². The lowest BCUT2D eigenvalue weighted by Gasteiger charge is -2.03. The van der Waals surface area contributed by atoms with Gasteiger partial charge in [0.25, 0.3) is 0 Å². The number of nitrogen functional groups attached to an aromatic ring is 1. The first kappa shape index (κ1) is 12.0. The standard InChI is InChI=1S/C10H9FN4S2/c11-8-3-6(9(12)13)1-2-7(8)4-16-10-14-5-15-17-10/h1-3,5H,4H2,(H3,12,13). The van der Waals surface area contributed by atoms with Gasteiger partial charge in [-0.05, 0) is 23.2 Å². The van der Waals surface area contributed by atoms with Crippen LogP contribution in [-0.4, -0.2) is 15.2 Å². The van der Waals surface area contributed by atoms with Crippen LogP contribution < -0.4 is 5.73 Å². The second-order valence-electron chi connectivity index (χ2n) is 3.22. The zero-order valence-corrected chi connectivity index (χ0v) is 10.3. The van der Waals surface area contributed by atoms with Gasteiger partial charge in [0, 0.05) is 11.3 Å². The van der Waals surface area contributed by atoms with Crippen molar-refractivity contribution in [2.24, 2.45) is 5.73 Å². The van der Waals surface area contributed by atoms with Gasteiger partial charge in [0.05, 0.1) is 0 Å². The van der Waals surface area contributed by atoms with Crippen molar-refractivity contribution in [1.29, 1.82) is 5.41 Å². The fraction of sp³-hybridized carbons (Fsp3) is 0.100. The highest BCUT2D eigenvalue weighted by Gasteiger charge is 2.07. The zero-order chi connectivity index (χ0) is 12.3. The fourth-order valence-corrected chi connectivity index (χ4v) is 2.63. The number of nitrogens with one attached hydrogen (secondary N) is 1. The van der Waals surface area contributed by atoms with E-state index in [1.54, 1.807) is 12.1 Å². The van der Waals surface area contributed by atoms with E-state index in [1.807, 2.05) is 0 Å². The Hall–Kier alpha value is -1.47. The summed E-state index contributed by atoms with van der Waals surface area (Å²) in [5.41, 5.74) is 6.24. The van der Waals surface area contributed by atoms with Crippen LogP contribution in [0.2, 0.25) is 0 Å². The fourth-order valence-electron chi connectivity index (χ4n) is 1.20. The molecule has 0 saturated heterocycles. The van der Waals surface area contributed by atoms with E-state index < -0.39 is 0 Å². The molecule has 1 aromatic carbocycles. The summed E-state index contributed by atoms with van der Waals surface area (Å²) in [6, 6.07) is 4.56. The van der Waals surface area contributed by atoms with Crippen molar-refractivity contribution in [1.82, 2.24) is 9.36 Å². The van der Waals surface area contributed by atoms with E-state index in [4.69, 9.17) is 11.1 Å². The first-order valence-corrected chi connectivity index (χ1v) is 6.45. The predicted molar refractivity (Wildman–Crippen MR) is 66.9 cm³/mol. The first-order chi connectivity index (χ1) is 8.16. The lowest BCUT2D eigenvalue weighted by molar-refractivity contribution is 0.617. The molecule has 0 spiro atoms. The minimum absolute atomic E-state index is 0.132. The van der Waals surface area contributed by atoms with Crippen molar-refractivity contribution in [3.63, 3.8) is 0 Å². The Balaban J connectivity index is 2.09. The molecule has 0 atom stereocenters. The Morgan fingerprint density at radius 2 is 2.35 bits per heavy atom. The molecule has 0 aliphatic heterocycles. The largest absolute Gasteiger partial charge is 0.384 e.